The van der Waals surface area contributed by atoms with Gasteiger partial charge in [-0.25, -0.2) is 4.98 Å². The van der Waals surface area contributed by atoms with Gasteiger partial charge in [0.1, 0.15) is 0 Å². The first kappa shape index (κ1) is 11.4. The van der Waals surface area contributed by atoms with Crippen molar-refractivity contribution >= 4 is 5.97 Å². The number of aliphatic carboxylic acids is 1. The summed E-state index contributed by atoms with van der Waals surface area (Å²) in [5, 5.41) is 8.82. The number of oxazole rings is 1. The van der Waals surface area contributed by atoms with Crippen LogP contribution in [0.2, 0.25) is 0 Å². The van der Waals surface area contributed by atoms with Crippen LogP contribution in [-0.4, -0.2) is 16.1 Å². The van der Waals surface area contributed by atoms with E-state index in [0.29, 0.717) is 12.2 Å². The number of aromatic nitrogens is 1. The second-order valence-corrected chi connectivity index (χ2v) is 4.01. The van der Waals surface area contributed by atoms with Crippen molar-refractivity contribution in [3.8, 4) is 11.3 Å². The molecule has 0 saturated heterocycles. The van der Waals surface area contributed by atoms with Crippen LogP contribution in [0.1, 0.15) is 12.5 Å². The van der Waals surface area contributed by atoms with E-state index >= 15 is 0 Å². The summed E-state index contributed by atoms with van der Waals surface area (Å²) in [5.74, 6) is -0.432. The van der Waals surface area contributed by atoms with Crippen molar-refractivity contribution in [1.82, 2.24) is 4.98 Å². The molecule has 1 aromatic carbocycles. The van der Waals surface area contributed by atoms with Crippen LogP contribution < -0.4 is 0 Å². The third-order valence-electron chi connectivity index (χ3n) is 2.63. The molecule has 88 valence electrons. The number of carboxylic acids is 1. The average molecular weight is 231 g/mol. The first-order chi connectivity index (χ1) is 8.16. The van der Waals surface area contributed by atoms with E-state index in [4.69, 9.17) is 9.52 Å². The zero-order valence-electron chi connectivity index (χ0n) is 9.46. The van der Waals surface area contributed by atoms with Crippen molar-refractivity contribution in [2.75, 3.05) is 0 Å². The lowest BCUT2D eigenvalue weighted by molar-refractivity contribution is -0.141. The van der Waals surface area contributed by atoms with Crippen LogP contribution in [0.3, 0.4) is 0 Å². The molecule has 0 radical (unpaired) electrons. The van der Waals surface area contributed by atoms with Crippen molar-refractivity contribution in [3.05, 3.63) is 42.4 Å². The molecule has 4 nitrogen and oxygen atoms in total. The van der Waals surface area contributed by atoms with Gasteiger partial charge in [-0.3, -0.25) is 4.79 Å². The maximum absolute atomic E-state index is 10.7. The molecule has 0 aliphatic carbocycles. The molecule has 4 heteroatoms. The van der Waals surface area contributed by atoms with Gasteiger partial charge >= 0.3 is 5.97 Å². The molecule has 0 fully saturated rings. The van der Waals surface area contributed by atoms with Crippen molar-refractivity contribution in [2.24, 2.45) is 5.92 Å². The number of benzene rings is 1. The number of carboxylic acid groups (broad SMARTS) is 1. The summed E-state index contributed by atoms with van der Waals surface area (Å²) in [5.41, 5.74) is 1.94. The molecule has 2 rings (SSSR count). The molecule has 1 N–H and O–H groups in total. The lowest BCUT2D eigenvalue weighted by Gasteiger charge is -2.06. The predicted molar refractivity (Wildman–Crippen MR) is 62.4 cm³/mol. The third kappa shape index (κ3) is 2.72. The Morgan fingerprint density at radius 1 is 1.41 bits per heavy atom. The minimum absolute atomic E-state index is 0.369. The molecule has 1 heterocycles. The van der Waals surface area contributed by atoms with Crippen LogP contribution in [0.25, 0.3) is 11.3 Å². The SMILES string of the molecule is CC(Cc1ccc(-c2cnco2)cc1)C(=O)O. The molecular weight excluding hydrogens is 218 g/mol. The summed E-state index contributed by atoms with van der Waals surface area (Å²) in [4.78, 5) is 14.6. The van der Waals surface area contributed by atoms with Crippen molar-refractivity contribution in [1.29, 1.82) is 0 Å². The van der Waals surface area contributed by atoms with Crippen LogP contribution >= 0.6 is 0 Å². The van der Waals surface area contributed by atoms with E-state index in [2.05, 4.69) is 4.98 Å². The van der Waals surface area contributed by atoms with Gasteiger partial charge < -0.3 is 9.52 Å². The molecule has 0 saturated carbocycles. The minimum atomic E-state index is -0.774. The lowest BCUT2D eigenvalue weighted by Crippen LogP contribution is -2.12. The second kappa shape index (κ2) is 4.82. The van der Waals surface area contributed by atoms with Gasteiger partial charge in [-0.05, 0) is 12.0 Å². The fraction of sp³-hybridized carbons (Fsp3) is 0.231. The van der Waals surface area contributed by atoms with E-state index < -0.39 is 5.97 Å². The van der Waals surface area contributed by atoms with Crippen LogP contribution in [0.5, 0.6) is 0 Å². The summed E-state index contributed by atoms with van der Waals surface area (Å²) in [7, 11) is 0. The molecule has 0 bridgehead atoms. The Bertz CT molecular complexity index is 488. The topological polar surface area (TPSA) is 63.3 Å². The Labute approximate surface area is 98.9 Å². The van der Waals surface area contributed by atoms with Gasteiger partial charge in [0.15, 0.2) is 12.2 Å². The predicted octanol–water partition coefficient (Wildman–Crippen LogP) is 2.60. The van der Waals surface area contributed by atoms with Gasteiger partial charge in [0.05, 0.1) is 12.1 Å². The number of carbonyl (C=O) groups is 1. The summed E-state index contributed by atoms with van der Waals surface area (Å²) in [6, 6.07) is 7.64. The first-order valence-corrected chi connectivity index (χ1v) is 5.37. The summed E-state index contributed by atoms with van der Waals surface area (Å²) in [6.07, 6.45) is 3.57. The van der Waals surface area contributed by atoms with Gasteiger partial charge in [-0.1, -0.05) is 31.2 Å². The normalized spacial score (nSPS) is 12.3. The third-order valence-corrected chi connectivity index (χ3v) is 2.63. The van der Waals surface area contributed by atoms with Crippen LogP contribution in [0.4, 0.5) is 0 Å². The minimum Gasteiger partial charge on any atom is -0.481 e. The molecule has 1 atom stereocenters. The van der Waals surface area contributed by atoms with Crippen molar-refractivity contribution < 1.29 is 14.3 Å². The van der Waals surface area contributed by atoms with Crippen molar-refractivity contribution in [3.63, 3.8) is 0 Å². The van der Waals surface area contributed by atoms with Gasteiger partial charge in [0.2, 0.25) is 0 Å². The highest BCUT2D eigenvalue weighted by Crippen LogP contribution is 2.20. The van der Waals surface area contributed by atoms with E-state index in [1.54, 1.807) is 13.1 Å². The highest BCUT2D eigenvalue weighted by atomic mass is 16.4. The van der Waals surface area contributed by atoms with Crippen molar-refractivity contribution in [2.45, 2.75) is 13.3 Å². The lowest BCUT2D eigenvalue weighted by atomic mass is 10.00. The van der Waals surface area contributed by atoms with Gasteiger partial charge in [0, 0.05) is 5.56 Å². The van der Waals surface area contributed by atoms with Gasteiger partial charge in [-0.15, -0.1) is 0 Å². The fourth-order valence-corrected chi connectivity index (χ4v) is 1.60. The molecule has 17 heavy (non-hydrogen) atoms. The summed E-state index contributed by atoms with van der Waals surface area (Å²) in [6.45, 7) is 1.70. The quantitative estimate of drug-likeness (QED) is 0.878. The second-order valence-electron chi connectivity index (χ2n) is 4.01. The number of rotatable bonds is 4. The smallest absolute Gasteiger partial charge is 0.306 e. The highest BCUT2D eigenvalue weighted by Gasteiger charge is 2.11. The summed E-state index contributed by atoms with van der Waals surface area (Å²) < 4.78 is 5.17. The van der Waals surface area contributed by atoms with Crippen LogP contribution in [0, 0.1) is 5.92 Å². The van der Waals surface area contributed by atoms with E-state index in [1.807, 2.05) is 24.3 Å². The van der Waals surface area contributed by atoms with E-state index in [9.17, 15) is 4.79 Å². The Balaban J connectivity index is 2.11. The molecule has 1 aromatic heterocycles. The number of nitrogens with zero attached hydrogens (tertiary/aromatic N) is 1. The molecule has 0 aliphatic rings. The Hall–Kier alpha value is -2.10. The van der Waals surface area contributed by atoms with E-state index in [1.165, 1.54) is 6.39 Å². The van der Waals surface area contributed by atoms with E-state index in [0.717, 1.165) is 11.1 Å². The maximum Gasteiger partial charge on any atom is 0.306 e. The summed E-state index contributed by atoms with van der Waals surface area (Å²) >= 11 is 0. The largest absolute Gasteiger partial charge is 0.481 e. The average Bonchev–Trinajstić information content (AvgIpc) is 2.83. The van der Waals surface area contributed by atoms with E-state index in [-0.39, 0.29) is 5.92 Å². The molecule has 0 aliphatic heterocycles. The van der Waals surface area contributed by atoms with Gasteiger partial charge in [-0.2, -0.15) is 0 Å². The van der Waals surface area contributed by atoms with Gasteiger partial charge in [0.25, 0.3) is 0 Å². The van der Waals surface area contributed by atoms with Crippen LogP contribution in [0.15, 0.2) is 41.3 Å². The molecule has 1 unspecified atom stereocenters. The Morgan fingerprint density at radius 3 is 2.65 bits per heavy atom. The molecule has 0 amide bonds. The first-order valence-electron chi connectivity index (χ1n) is 5.37. The molecule has 2 aromatic rings. The monoisotopic (exact) mass is 231 g/mol. The van der Waals surface area contributed by atoms with Crippen LogP contribution in [-0.2, 0) is 11.2 Å². The standard InChI is InChI=1S/C13H13NO3/c1-9(13(15)16)6-10-2-4-11(5-3-10)12-7-14-8-17-12/h2-5,7-9H,6H2,1H3,(H,15,16). The maximum atomic E-state index is 10.7. The highest BCUT2D eigenvalue weighted by molar-refractivity contribution is 5.70. The zero-order valence-corrected chi connectivity index (χ0v) is 9.46. The number of hydrogen-bond donors (Lipinski definition) is 1. The number of hydrogen-bond acceptors (Lipinski definition) is 3. The Kier molecular flexibility index (Phi) is 3.23. The fourth-order valence-electron chi connectivity index (χ4n) is 1.60. The molecule has 0 spiro atoms. The Morgan fingerprint density at radius 2 is 2.12 bits per heavy atom. The molecular formula is C13H13NO3. The zero-order chi connectivity index (χ0) is 12.3.